The summed E-state index contributed by atoms with van der Waals surface area (Å²) in [5.74, 6) is 0.310. The molecule has 3 nitrogen and oxygen atoms in total. The van der Waals surface area contributed by atoms with E-state index in [-0.39, 0.29) is 11.7 Å². The number of fused-ring (bicyclic) bond motifs is 1. The number of likely N-dealkylation sites (N-methyl/N-ethyl adjacent to an activating group) is 1. The lowest BCUT2D eigenvalue weighted by Gasteiger charge is -2.10. The van der Waals surface area contributed by atoms with Crippen molar-refractivity contribution >= 4 is 11.7 Å². The number of amides is 1. The minimum absolute atomic E-state index is 0.0873. The molecule has 1 aliphatic carbocycles. The first-order valence-electron chi connectivity index (χ1n) is 5.43. The van der Waals surface area contributed by atoms with Gasteiger partial charge < -0.3 is 4.90 Å². The van der Waals surface area contributed by atoms with Crippen molar-refractivity contribution in [3.05, 3.63) is 34.9 Å². The van der Waals surface area contributed by atoms with Gasteiger partial charge in [0.2, 0.25) is 5.91 Å². The highest BCUT2D eigenvalue weighted by Gasteiger charge is 2.19. The Balaban J connectivity index is 2.20. The van der Waals surface area contributed by atoms with Gasteiger partial charge in [0.25, 0.3) is 0 Å². The predicted molar refractivity (Wildman–Crippen MR) is 61.5 cm³/mol. The summed E-state index contributed by atoms with van der Waals surface area (Å²) in [5, 5.41) is 0. The Kier molecular flexibility index (Phi) is 2.77. The van der Waals surface area contributed by atoms with Crippen LogP contribution in [0.1, 0.15) is 27.9 Å². The van der Waals surface area contributed by atoms with Crippen LogP contribution in [0.5, 0.6) is 0 Å². The van der Waals surface area contributed by atoms with Crippen LogP contribution in [0.3, 0.4) is 0 Å². The van der Waals surface area contributed by atoms with Crippen LogP contribution in [0.4, 0.5) is 0 Å². The first-order chi connectivity index (χ1) is 7.58. The van der Waals surface area contributed by atoms with Crippen LogP contribution >= 0.6 is 0 Å². The quantitative estimate of drug-likeness (QED) is 0.751. The van der Waals surface area contributed by atoms with Crippen molar-refractivity contribution in [2.75, 3.05) is 14.1 Å². The summed E-state index contributed by atoms with van der Waals surface area (Å²) < 4.78 is 0. The molecule has 0 spiro atoms. The lowest BCUT2D eigenvalue weighted by Crippen LogP contribution is -2.23. The maximum Gasteiger partial charge on any atom is 0.226 e. The first-order valence-corrected chi connectivity index (χ1v) is 5.43. The number of carbonyl (C=O) groups is 2. The van der Waals surface area contributed by atoms with Crippen molar-refractivity contribution < 1.29 is 9.59 Å². The van der Waals surface area contributed by atoms with Gasteiger partial charge in [-0.2, -0.15) is 0 Å². The van der Waals surface area contributed by atoms with Gasteiger partial charge in [0.1, 0.15) is 0 Å². The number of nitrogens with zero attached hydrogens (tertiary/aromatic N) is 1. The fraction of sp³-hybridized carbons (Fsp3) is 0.385. The molecule has 16 heavy (non-hydrogen) atoms. The van der Waals surface area contributed by atoms with Gasteiger partial charge in [-0.05, 0) is 17.5 Å². The zero-order chi connectivity index (χ0) is 11.7. The molecule has 0 unspecified atom stereocenters. The van der Waals surface area contributed by atoms with Gasteiger partial charge in [-0.15, -0.1) is 0 Å². The highest BCUT2D eigenvalue weighted by Crippen LogP contribution is 2.23. The van der Waals surface area contributed by atoms with E-state index in [0.29, 0.717) is 12.8 Å². The molecule has 0 N–H and O–H groups in total. The third-order valence-corrected chi connectivity index (χ3v) is 2.95. The fourth-order valence-corrected chi connectivity index (χ4v) is 1.95. The summed E-state index contributed by atoms with van der Waals surface area (Å²) in [7, 11) is 3.50. The molecule has 0 fully saturated rings. The van der Waals surface area contributed by atoms with E-state index in [1.54, 1.807) is 19.0 Å². The number of benzene rings is 1. The summed E-state index contributed by atoms with van der Waals surface area (Å²) in [5.41, 5.74) is 2.92. The predicted octanol–water partition coefficient (Wildman–Crippen LogP) is 1.45. The molecule has 0 aromatic heterocycles. The Morgan fingerprint density at radius 3 is 2.75 bits per heavy atom. The van der Waals surface area contributed by atoms with Gasteiger partial charge in [-0.25, -0.2) is 0 Å². The fourth-order valence-electron chi connectivity index (χ4n) is 1.95. The van der Waals surface area contributed by atoms with E-state index in [4.69, 9.17) is 0 Å². The topological polar surface area (TPSA) is 37.4 Å². The van der Waals surface area contributed by atoms with Gasteiger partial charge in [0, 0.05) is 26.1 Å². The highest BCUT2D eigenvalue weighted by molar-refractivity contribution is 6.00. The van der Waals surface area contributed by atoms with Crippen molar-refractivity contribution in [1.82, 2.24) is 4.90 Å². The number of aryl methyl sites for hydroxylation is 1. The van der Waals surface area contributed by atoms with E-state index in [1.165, 1.54) is 0 Å². The van der Waals surface area contributed by atoms with E-state index >= 15 is 0 Å². The summed E-state index contributed by atoms with van der Waals surface area (Å²) in [6.45, 7) is 0. The van der Waals surface area contributed by atoms with E-state index in [0.717, 1.165) is 23.1 Å². The van der Waals surface area contributed by atoms with Crippen molar-refractivity contribution in [2.24, 2.45) is 0 Å². The molecule has 1 aliphatic rings. The molecule has 0 aliphatic heterocycles. The molecular weight excluding hydrogens is 202 g/mol. The maximum absolute atomic E-state index is 11.5. The number of rotatable bonds is 2. The van der Waals surface area contributed by atoms with Crippen LogP contribution < -0.4 is 0 Å². The third kappa shape index (κ3) is 1.98. The normalized spacial score (nSPS) is 13.8. The van der Waals surface area contributed by atoms with E-state index in [1.807, 2.05) is 18.2 Å². The largest absolute Gasteiger partial charge is 0.349 e. The molecule has 0 bridgehead atoms. The summed E-state index contributed by atoms with van der Waals surface area (Å²) in [6, 6.07) is 5.72. The molecule has 1 aromatic rings. The summed E-state index contributed by atoms with van der Waals surface area (Å²) in [4.78, 5) is 24.5. The Labute approximate surface area is 95.1 Å². The smallest absolute Gasteiger partial charge is 0.226 e. The Morgan fingerprint density at radius 2 is 2.06 bits per heavy atom. The van der Waals surface area contributed by atoms with Gasteiger partial charge in [-0.1, -0.05) is 18.2 Å². The van der Waals surface area contributed by atoms with Gasteiger partial charge in [-0.3, -0.25) is 9.59 Å². The second-order valence-electron chi connectivity index (χ2n) is 4.38. The molecule has 0 saturated carbocycles. The zero-order valence-corrected chi connectivity index (χ0v) is 9.62. The van der Waals surface area contributed by atoms with Crippen LogP contribution in [-0.4, -0.2) is 30.7 Å². The van der Waals surface area contributed by atoms with E-state index in [2.05, 4.69) is 0 Å². The van der Waals surface area contributed by atoms with E-state index < -0.39 is 0 Å². The molecular formula is C13H15NO2. The lowest BCUT2D eigenvalue weighted by molar-refractivity contribution is -0.127. The average molecular weight is 217 g/mol. The van der Waals surface area contributed by atoms with Crippen LogP contribution in [0.15, 0.2) is 18.2 Å². The Hall–Kier alpha value is -1.64. The van der Waals surface area contributed by atoms with Crippen molar-refractivity contribution in [1.29, 1.82) is 0 Å². The Bertz CT molecular complexity index is 449. The molecule has 2 rings (SSSR count). The van der Waals surface area contributed by atoms with Crippen LogP contribution in [0, 0.1) is 0 Å². The minimum Gasteiger partial charge on any atom is -0.349 e. The standard InChI is InChI=1S/C13H15NO2/c1-14(2)13(16)8-9-3-5-11-10(7-9)4-6-12(11)15/h3,5,7H,4,6,8H2,1-2H3. The van der Waals surface area contributed by atoms with Crippen molar-refractivity contribution in [3.63, 3.8) is 0 Å². The SMILES string of the molecule is CN(C)C(=O)Cc1ccc2c(c1)CCC2=O. The van der Waals surface area contributed by atoms with Crippen molar-refractivity contribution in [2.45, 2.75) is 19.3 Å². The second kappa shape index (κ2) is 4.08. The molecule has 1 aromatic carbocycles. The molecule has 0 heterocycles. The van der Waals surface area contributed by atoms with Gasteiger partial charge in [0.15, 0.2) is 5.78 Å². The van der Waals surface area contributed by atoms with Gasteiger partial charge in [0.05, 0.1) is 6.42 Å². The van der Waals surface area contributed by atoms with Crippen LogP contribution in [0.2, 0.25) is 0 Å². The Morgan fingerprint density at radius 1 is 1.31 bits per heavy atom. The average Bonchev–Trinajstić information content (AvgIpc) is 2.60. The summed E-state index contributed by atoms with van der Waals surface area (Å²) in [6.07, 6.45) is 1.84. The highest BCUT2D eigenvalue weighted by atomic mass is 16.2. The number of ketones is 1. The van der Waals surface area contributed by atoms with E-state index in [9.17, 15) is 9.59 Å². The molecule has 0 saturated heterocycles. The molecule has 3 heteroatoms. The lowest BCUT2D eigenvalue weighted by atomic mass is 10.0. The molecule has 1 amide bonds. The summed E-state index contributed by atoms with van der Waals surface area (Å²) >= 11 is 0. The van der Waals surface area contributed by atoms with Crippen LogP contribution in [-0.2, 0) is 17.6 Å². The monoisotopic (exact) mass is 217 g/mol. The molecule has 0 radical (unpaired) electrons. The second-order valence-corrected chi connectivity index (χ2v) is 4.38. The van der Waals surface area contributed by atoms with Crippen LogP contribution in [0.25, 0.3) is 0 Å². The number of hydrogen-bond acceptors (Lipinski definition) is 2. The maximum atomic E-state index is 11.5. The number of hydrogen-bond donors (Lipinski definition) is 0. The number of carbonyl (C=O) groups excluding carboxylic acids is 2. The van der Waals surface area contributed by atoms with Crippen molar-refractivity contribution in [3.8, 4) is 0 Å². The zero-order valence-electron chi connectivity index (χ0n) is 9.62. The minimum atomic E-state index is 0.0873. The first kappa shape index (κ1) is 10.9. The third-order valence-electron chi connectivity index (χ3n) is 2.95. The molecule has 0 atom stereocenters. The van der Waals surface area contributed by atoms with Gasteiger partial charge >= 0.3 is 0 Å². The molecule has 84 valence electrons. The number of Topliss-reactive ketones (excluding diaryl/α,β-unsaturated/α-hetero) is 1.